The fourth-order valence-corrected chi connectivity index (χ4v) is 3.87. The minimum atomic E-state index is 0.450. The lowest BCUT2D eigenvalue weighted by atomic mass is 10.0. The Kier molecular flexibility index (Phi) is 9.85. The molecule has 1 fully saturated rings. The van der Waals surface area contributed by atoms with Gasteiger partial charge in [-0.15, -0.1) is 0 Å². The van der Waals surface area contributed by atoms with Gasteiger partial charge in [-0.2, -0.15) is 0 Å². The molecule has 1 aliphatic heterocycles. The van der Waals surface area contributed by atoms with Crippen molar-refractivity contribution in [1.82, 2.24) is 20.4 Å². The summed E-state index contributed by atoms with van der Waals surface area (Å²) in [5.74, 6) is 1.81. The van der Waals surface area contributed by atoms with E-state index in [2.05, 4.69) is 77.9 Å². The standard InChI is InChI=1S/C26H39N5O/c1-4-27-26(28-20-23-12-8-9-13-25(23)32-19-18-30(2)3)29-24-14-16-31(17-15-24)21-22-10-6-5-7-11-22/h5-13,24H,4,14-21H2,1-3H3,(H2,27,28,29). The summed E-state index contributed by atoms with van der Waals surface area (Å²) < 4.78 is 5.99. The van der Waals surface area contributed by atoms with Gasteiger partial charge in [0.15, 0.2) is 5.96 Å². The Labute approximate surface area is 193 Å². The fourth-order valence-electron chi connectivity index (χ4n) is 3.87. The zero-order chi connectivity index (χ0) is 22.6. The van der Waals surface area contributed by atoms with E-state index < -0.39 is 0 Å². The summed E-state index contributed by atoms with van der Waals surface area (Å²) in [4.78, 5) is 9.52. The first-order valence-corrected chi connectivity index (χ1v) is 11.8. The van der Waals surface area contributed by atoms with E-state index in [1.54, 1.807) is 0 Å². The van der Waals surface area contributed by atoms with Crippen molar-refractivity contribution in [1.29, 1.82) is 0 Å². The Balaban J connectivity index is 1.51. The first-order chi connectivity index (χ1) is 15.6. The Morgan fingerprint density at radius 2 is 1.78 bits per heavy atom. The van der Waals surface area contributed by atoms with Crippen LogP contribution < -0.4 is 15.4 Å². The molecule has 2 aromatic carbocycles. The molecule has 1 saturated heterocycles. The monoisotopic (exact) mass is 437 g/mol. The van der Waals surface area contributed by atoms with Gasteiger partial charge in [0, 0.05) is 44.3 Å². The molecule has 2 aromatic rings. The van der Waals surface area contributed by atoms with Gasteiger partial charge >= 0.3 is 0 Å². The number of likely N-dealkylation sites (tertiary alicyclic amines) is 1. The number of ether oxygens (including phenoxy) is 1. The highest BCUT2D eigenvalue weighted by molar-refractivity contribution is 5.80. The maximum absolute atomic E-state index is 5.99. The van der Waals surface area contributed by atoms with Crippen molar-refractivity contribution >= 4 is 5.96 Å². The minimum absolute atomic E-state index is 0.450. The number of piperidine rings is 1. The maximum atomic E-state index is 5.99. The number of rotatable bonds is 10. The molecule has 0 atom stereocenters. The average molecular weight is 438 g/mol. The number of likely N-dealkylation sites (N-methyl/N-ethyl adjacent to an activating group) is 1. The molecule has 174 valence electrons. The van der Waals surface area contributed by atoms with Gasteiger partial charge in [-0.1, -0.05) is 48.5 Å². The zero-order valence-corrected chi connectivity index (χ0v) is 19.9. The first-order valence-electron chi connectivity index (χ1n) is 11.8. The van der Waals surface area contributed by atoms with Crippen LogP contribution in [0.5, 0.6) is 5.75 Å². The predicted octanol–water partition coefficient (Wildman–Crippen LogP) is 3.35. The van der Waals surface area contributed by atoms with Crippen LogP contribution in [0.15, 0.2) is 59.6 Å². The molecular weight excluding hydrogens is 398 g/mol. The van der Waals surface area contributed by atoms with Gasteiger partial charge in [0.2, 0.25) is 0 Å². The topological polar surface area (TPSA) is 52.1 Å². The second-order valence-corrected chi connectivity index (χ2v) is 8.63. The number of hydrogen-bond acceptors (Lipinski definition) is 4. The van der Waals surface area contributed by atoms with Gasteiger partial charge in [0.25, 0.3) is 0 Å². The quantitative estimate of drug-likeness (QED) is 0.441. The molecule has 0 aliphatic carbocycles. The third kappa shape index (κ3) is 8.17. The number of hydrogen-bond donors (Lipinski definition) is 2. The maximum Gasteiger partial charge on any atom is 0.191 e. The lowest BCUT2D eigenvalue weighted by Crippen LogP contribution is -2.48. The third-order valence-electron chi connectivity index (χ3n) is 5.70. The molecule has 32 heavy (non-hydrogen) atoms. The van der Waals surface area contributed by atoms with E-state index in [0.29, 0.717) is 19.2 Å². The summed E-state index contributed by atoms with van der Waals surface area (Å²) in [6, 6.07) is 19.4. The van der Waals surface area contributed by atoms with Crippen molar-refractivity contribution < 1.29 is 4.74 Å². The Morgan fingerprint density at radius 3 is 2.50 bits per heavy atom. The first kappa shape index (κ1) is 24.1. The molecule has 3 rings (SSSR count). The molecule has 0 spiro atoms. The van der Waals surface area contributed by atoms with Crippen molar-refractivity contribution in [2.45, 2.75) is 38.9 Å². The number of benzene rings is 2. The van der Waals surface area contributed by atoms with Crippen molar-refractivity contribution in [3.63, 3.8) is 0 Å². The van der Waals surface area contributed by atoms with Gasteiger partial charge < -0.3 is 20.3 Å². The summed E-state index contributed by atoms with van der Waals surface area (Å²) in [5, 5.41) is 7.06. The fraction of sp³-hybridized carbons (Fsp3) is 0.500. The second-order valence-electron chi connectivity index (χ2n) is 8.63. The van der Waals surface area contributed by atoms with E-state index in [9.17, 15) is 0 Å². The second kappa shape index (κ2) is 13.1. The molecule has 1 heterocycles. The van der Waals surface area contributed by atoms with Crippen molar-refractivity contribution in [2.24, 2.45) is 4.99 Å². The van der Waals surface area contributed by atoms with Crippen LogP contribution in [0.1, 0.15) is 30.9 Å². The SMILES string of the molecule is CCNC(=NCc1ccccc1OCCN(C)C)NC1CCN(Cc2ccccc2)CC1. The van der Waals surface area contributed by atoms with Crippen LogP contribution in [0.3, 0.4) is 0 Å². The molecule has 0 saturated carbocycles. The zero-order valence-electron chi connectivity index (χ0n) is 19.9. The number of nitrogens with zero attached hydrogens (tertiary/aromatic N) is 3. The van der Waals surface area contributed by atoms with Crippen molar-refractivity contribution in [3.05, 3.63) is 65.7 Å². The third-order valence-corrected chi connectivity index (χ3v) is 5.70. The van der Waals surface area contributed by atoms with E-state index in [0.717, 1.165) is 62.8 Å². The largest absolute Gasteiger partial charge is 0.492 e. The van der Waals surface area contributed by atoms with Crippen LogP contribution in [0.25, 0.3) is 0 Å². The van der Waals surface area contributed by atoms with Gasteiger partial charge in [-0.3, -0.25) is 4.90 Å². The van der Waals surface area contributed by atoms with Gasteiger partial charge in [0.05, 0.1) is 6.54 Å². The molecule has 0 radical (unpaired) electrons. The van der Waals surface area contributed by atoms with E-state index in [1.165, 1.54) is 5.56 Å². The Hall–Kier alpha value is -2.57. The molecule has 1 aliphatic rings. The highest BCUT2D eigenvalue weighted by atomic mass is 16.5. The van der Waals surface area contributed by atoms with Gasteiger partial charge in [-0.25, -0.2) is 4.99 Å². The van der Waals surface area contributed by atoms with Gasteiger partial charge in [0.1, 0.15) is 12.4 Å². The van der Waals surface area contributed by atoms with Crippen LogP contribution in [0, 0.1) is 0 Å². The summed E-state index contributed by atoms with van der Waals surface area (Å²) in [7, 11) is 4.11. The van der Waals surface area contributed by atoms with Crippen molar-refractivity contribution in [2.75, 3.05) is 46.9 Å². The number of guanidine groups is 1. The molecule has 0 amide bonds. The number of para-hydroxylation sites is 1. The van der Waals surface area contributed by atoms with Gasteiger partial charge in [-0.05, 0) is 45.5 Å². The van der Waals surface area contributed by atoms with E-state index in [1.807, 2.05) is 18.2 Å². The molecule has 0 bridgehead atoms. The predicted molar refractivity (Wildman–Crippen MR) is 133 cm³/mol. The minimum Gasteiger partial charge on any atom is -0.492 e. The normalized spacial score (nSPS) is 15.7. The molecule has 0 aromatic heterocycles. The van der Waals surface area contributed by atoms with E-state index in [4.69, 9.17) is 9.73 Å². The van der Waals surface area contributed by atoms with Crippen LogP contribution in [0.2, 0.25) is 0 Å². The van der Waals surface area contributed by atoms with E-state index >= 15 is 0 Å². The summed E-state index contributed by atoms with van der Waals surface area (Å²) in [6.45, 7) is 8.37. The summed E-state index contributed by atoms with van der Waals surface area (Å²) in [5.41, 5.74) is 2.50. The summed E-state index contributed by atoms with van der Waals surface area (Å²) in [6.07, 6.45) is 2.25. The number of aliphatic imine (C=N–C) groups is 1. The molecular formula is C26H39N5O. The van der Waals surface area contributed by atoms with Crippen LogP contribution in [0.4, 0.5) is 0 Å². The molecule has 0 unspecified atom stereocenters. The Morgan fingerprint density at radius 1 is 1.06 bits per heavy atom. The lowest BCUT2D eigenvalue weighted by Gasteiger charge is -2.33. The van der Waals surface area contributed by atoms with E-state index in [-0.39, 0.29) is 0 Å². The molecule has 2 N–H and O–H groups in total. The van der Waals surface area contributed by atoms with Crippen LogP contribution >= 0.6 is 0 Å². The van der Waals surface area contributed by atoms with Crippen LogP contribution in [-0.2, 0) is 13.1 Å². The molecule has 6 nitrogen and oxygen atoms in total. The highest BCUT2D eigenvalue weighted by Gasteiger charge is 2.20. The average Bonchev–Trinajstić information content (AvgIpc) is 2.80. The Bertz CT molecular complexity index is 816. The highest BCUT2D eigenvalue weighted by Crippen LogP contribution is 2.19. The van der Waals surface area contributed by atoms with Crippen LogP contribution in [-0.4, -0.2) is 68.7 Å². The molecule has 6 heteroatoms. The smallest absolute Gasteiger partial charge is 0.191 e. The van der Waals surface area contributed by atoms with Crippen molar-refractivity contribution in [3.8, 4) is 5.75 Å². The summed E-state index contributed by atoms with van der Waals surface area (Å²) >= 11 is 0. The lowest BCUT2D eigenvalue weighted by molar-refractivity contribution is 0.198. The number of nitrogens with one attached hydrogen (secondary N) is 2.